The number of thiol groups is 1. The van der Waals surface area contributed by atoms with E-state index in [0.717, 1.165) is 37.7 Å². The Morgan fingerprint density at radius 3 is 2.00 bits per heavy atom. The standard InChI is InChI=1S/C11H26O3SSi/c1-4-7-9-14-16(12-5-2,13-6-3)11-8-10-15/h15H,4-11H2,1-3H3. The fraction of sp³-hybridized carbons (Fsp3) is 1.00. The Bertz CT molecular complexity index is 152. The molecule has 0 spiro atoms. The van der Waals surface area contributed by atoms with E-state index in [0.29, 0.717) is 13.2 Å². The fourth-order valence-corrected chi connectivity index (χ4v) is 4.53. The predicted octanol–water partition coefficient (Wildman–Crippen LogP) is 3.13. The lowest BCUT2D eigenvalue weighted by Gasteiger charge is -2.28. The maximum atomic E-state index is 5.91. The maximum absolute atomic E-state index is 5.91. The van der Waals surface area contributed by atoms with Gasteiger partial charge in [-0.25, -0.2) is 0 Å². The van der Waals surface area contributed by atoms with E-state index in [1.807, 2.05) is 13.8 Å². The molecule has 0 N–H and O–H groups in total. The molecule has 5 heteroatoms. The van der Waals surface area contributed by atoms with Crippen molar-refractivity contribution >= 4 is 21.4 Å². The first-order valence-corrected chi connectivity index (χ1v) is 8.83. The molecule has 0 aromatic rings. The smallest absolute Gasteiger partial charge is 0.374 e. The van der Waals surface area contributed by atoms with Crippen LogP contribution in [0.5, 0.6) is 0 Å². The molecule has 0 fully saturated rings. The number of hydrogen-bond acceptors (Lipinski definition) is 4. The third-order valence-electron chi connectivity index (χ3n) is 2.19. The minimum absolute atomic E-state index is 0.658. The lowest BCUT2D eigenvalue weighted by atomic mass is 10.4. The van der Waals surface area contributed by atoms with Crippen molar-refractivity contribution in [2.75, 3.05) is 25.6 Å². The molecule has 0 amide bonds. The van der Waals surface area contributed by atoms with Crippen LogP contribution in [0.4, 0.5) is 0 Å². The van der Waals surface area contributed by atoms with E-state index in [-0.39, 0.29) is 0 Å². The fourth-order valence-electron chi connectivity index (χ4n) is 1.45. The van der Waals surface area contributed by atoms with Crippen molar-refractivity contribution in [1.82, 2.24) is 0 Å². The van der Waals surface area contributed by atoms with Crippen molar-refractivity contribution in [1.29, 1.82) is 0 Å². The van der Waals surface area contributed by atoms with Gasteiger partial charge in [0.15, 0.2) is 0 Å². The van der Waals surface area contributed by atoms with E-state index >= 15 is 0 Å². The molecule has 0 unspecified atom stereocenters. The van der Waals surface area contributed by atoms with Gasteiger partial charge >= 0.3 is 8.80 Å². The summed E-state index contributed by atoms with van der Waals surface area (Å²) in [5.41, 5.74) is 0. The molecule has 0 aromatic heterocycles. The monoisotopic (exact) mass is 266 g/mol. The molecule has 0 aliphatic heterocycles. The summed E-state index contributed by atoms with van der Waals surface area (Å²) >= 11 is 4.23. The molecule has 0 bridgehead atoms. The van der Waals surface area contributed by atoms with Gasteiger partial charge in [0.25, 0.3) is 0 Å². The number of unbranched alkanes of at least 4 members (excludes halogenated alkanes) is 1. The minimum Gasteiger partial charge on any atom is -0.374 e. The summed E-state index contributed by atoms with van der Waals surface area (Å²) in [6.07, 6.45) is 3.19. The van der Waals surface area contributed by atoms with Crippen molar-refractivity contribution in [3.05, 3.63) is 0 Å². The van der Waals surface area contributed by atoms with Crippen molar-refractivity contribution in [2.45, 2.75) is 46.1 Å². The largest absolute Gasteiger partial charge is 0.500 e. The quantitative estimate of drug-likeness (QED) is 0.354. The molecular formula is C11H26O3SSi. The van der Waals surface area contributed by atoms with Crippen LogP contribution in [0, 0.1) is 0 Å². The molecule has 0 aromatic carbocycles. The summed E-state index contributed by atoms with van der Waals surface area (Å²) < 4.78 is 17.5. The van der Waals surface area contributed by atoms with Crippen LogP contribution >= 0.6 is 12.6 Å². The Labute approximate surface area is 107 Å². The van der Waals surface area contributed by atoms with Gasteiger partial charge in [0.05, 0.1) is 0 Å². The maximum Gasteiger partial charge on any atom is 0.500 e. The molecule has 98 valence electrons. The second-order valence-electron chi connectivity index (χ2n) is 3.58. The van der Waals surface area contributed by atoms with E-state index in [4.69, 9.17) is 13.3 Å². The Hall–Kier alpha value is 0.447. The molecule has 0 atom stereocenters. The molecule has 16 heavy (non-hydrogen) atoms. The van der Waals surface area contributed by atoms with Crippen molar-refractivity contribution in [3.8, 4) is 0 Å². The first-order valence-electron chi connectivity index (χ1n) is 6.27. The van der Waals surface area contributed by atoms with E-state index in [2.05, 4.69) is 19.6 Å². The number of rotatable bonds is 11. The van der Waals surface area contributed by atoms with Crippen molar-refractivity contribution < 1.29 is 13.3 Å². The number of hydrogen-bond donors (Lipinski definition) is 1. The molecule has 0 heterocycles. The lowest BCUT2D eigenvalue weighted by Crippen LogP contribution is -2.46. The Balaban J connectivity index is 4.24. The van der Waals surface area contributed by atoms with Gasteiger partial charge in [0, 0.05) is 25.9 Å². The van der Waals surface area contributed by atoms with Gasteiger partial charge in [-0.1, -0.05) is 13.3 Å². The Morgan fingerprint density at radius 1 is 0.938 bits per heavy atom. The predicted molar refractivity (Wildman–Crippen MR) is 73.1 cm³/mol. The van der Waals surface area contributed by atoms with Gasteiger partial charge in [-0.15, -0.1) is 0 Å². The van der Waals surface area contributed by atoms with E-state index in [9.17, 15) is 0 Å². The highest BCUT2D eigenvalue weighted by Crippen LogP contribution is 2.19. The first-order chi connectivity index (χ1) is 7.74. The van der Waals surface area contributed by atoms with Crippen LogP contribution < -0.4 is 0 Å². The van der Waals surface area contributed by atoms with Crippen LogP contribution in [-0.2, 0) is 13.3 Å². The SMILES string of the molecule is CCCCO[Si](CCCS)(OCC)OCC. The van der Waals surface area contributed by atoms with E-state index in [1.54, 1.807) is 0 Å². The van der Waals surface area contributed by atoms with Gasteiger partial charge in [-0.3, -0.25) is 0 Å². The molecule has 0 radical (unpaired) electrons. The molecule has 0 aliphatic carbocycles. The van der Waals surface area contributed by atoms with Crippen LogP contribution in [-0.4, -0.2) is 34.4 Å². The normalized spacial score (nSPS) is 12.0. The van der Waals surface area contributed by atoms with Crippen LogP contribution in [0.1, 0.15) is 40.0 Å². The highest BCUT2D eigenvalue weighted by Gasteiger charge is 2.39. The molecule has 0 aliphatic rings. The zero-order chi connectivity index (χ0) is 12.3. The third-order valence-corrected chi connectivity index (χ3v) is 5.57. The van der Waals surface area contributed by atoms with Crippen LogP contribution in [0.15, 0.2) is 0 Å². The summed E-state index contributed by atoms with van der Waals surface area (Å²) in [5.74, 6) is 0.853. The Kier molecular flexibility index (Phi) is 10.9. The lowest BCUT2D eigenvalue weighted by molar-refractivity contribution is 0.0660. The third kappa shape index (κ3) is 6.91. The molecule has 0 saturated carbocycles. The van der Waals surface area contributed by atoms with Crippen molar-refractivity contribution in [2.24, 2.45) is 0 Å². The summed E-state index contributed by atoms with van der Waals surface area (Å²) in [6, 6.07) is 0.877. The topological polar surface area (TPSA) is 27.7 Å². The minimum atomic E-state index is -2.40. The molecule has 0 saturated heterocycles. The van der Waals surface area contributed by atoms with Gasteiger partial charge < -0.3 is 13.3 Å². The van der Waals surface area contributed by atoms with E-state index < -0.39 is 8.80 Å². The van der Waals surface area contributed by atoms with Gasteiger partial charge in [-0.2, -0.15) is 12.6 Å². The summed E-state index contributed by atoms with van der Waals surface area (Å²) in [6.45, 7) is 8.20. The average molecular weight is 266 g/mol. The highest BCUT2D eigenvalue weighted by molar-refractivity contribution is 7.80. The first kappa shape index (κ1) is 16.4. The molecule has 0 rings (SSSR count). The molecule has 3 nitrogen and oxygen atoms in total. The summed E-state index contributed by atoms with van der Waals surface area (Å²) in [7, 11) is -2.40. The highest BCUT2D eigenvalue weighted by atomic mass is 32.1. The van der Waals surface area contributed by atoms with Gasteiger partial charge in [0.1, 0.15) is 0 Å². The summed E-state index contributed by atoms with van der Waals surface area (Å²) in [5, 5.41) is 0. The van der Waals surface area contributed by atoms with Crippen LogP contribution in [0.3, 0.4) is 0 Å². The second-order valence-corrected chi connectivity index (χ2v) is 6.76. The zero-order valence-corrected chi connectivity index (χ0v) is 12.7. The van der Waals surface area contributed by atoms with E-state index in [1.165, 1.54) is 0 Å². The summed E-state index contributed by atoms with van der Waals surface area (Å²) in [4.78, 5) is 0. The van der Waals surface area contributed by atoms with Crippen LogP contribution in [0.25, 0.3) is 0 Å². The average Bonchev–Trinajstić information content (AvgIpc) is 2.27. The molecular weight excluding hydrogens is 240 g/mol. The second kappa shape index (κ2) is 10.6. The van der Waals surface area contributed by atoms with Gasteiger partial charge in [-0.05, 0) is 32.4 Å². The zero-order valence-electron chi connectivity index (χ0n) is 10.8. The van der Waals surface area contributed by atoms with Crippen LogP contribution in [0.2, 0.25) is 6.04 Å². The Morgan fingerprint density at radius 2 is 1.56 bits per heavy atom. The van der Waals surface area contributed by atoms with Gasteiger partial charge in [0.2, 0.25) is 0 Å². The van der Waals surface area contributed by atoms with Crippen molar-refractivity contribution in [3.63, 3.8) is 0 Å².